The largest absolute Gasteiger partial charge is 0.493 e. The number of methoxy groups -OCH3 is 3. The Hall–Kier alpha value is -3.82. The SMILES string of the molecule is COc1ccc(/C(C#N)=C/c2cc(Cl)c(OCCOc3ccc(C)c(C)c3)c(OC)c2)cc1OC. The first kappa shape index (κ1) is 25.8. The molecule has 6 nitrogen and oxygen atoms in total. The first-order valence-electron chi connectivity index (χ1n) is 10.9. The zero-order valence-corrected chi connectivity index (χ0v) is 21.2. The lowest BCUT2D eigenvalue weighted by atomic mass is 10.0. The van der Waals surface area contributed by atoms with Crippen LogP contribution >= 0.6 is 11.6 Å². The van der Waals surface area contributed by atoms with Gasteiger partial charge in [0.25, 0.3) is 0 Å². The summed E-state index contributed by atoms with van der Waals surface area (Å²) in [5.74, 6) is 2.78. The summed E-state index contributed by atoms with van der Waals surface area (Å²) < 4.78 is 27.8. The van der Waals surface area contributed by atoms with Crippen molar-refractivity contribution in [1.29, 1.82) is 5.26 Å². The van der Waals surface area contributed by atoms with Gasteiger partial charge in [0.1, 0.15) is 19.0 Å². The molecule has 0 amide bonds. The lowest BCUT2D eigenvalue weighted by molar-refractivity contribution is 0.211. The molecule has 182 valence electrons. The highest BCUT2D eigenvalue weighted by atomic mass is 35.5. The van der Waals surface area contributed by atoms with Crippen LogP contribution in [0.15, 0.2) is 48.5 Å². The van der Waals surface area contributed by atoms with E-state index in [9.17, 15) is 5.26 Å². The van der Waals surface area contributed by atoms with Crippen LogP contribution in [0.1, 0.15) is 22.3 Å². The number of aryl methyl sites for hydroxylation is 2. The van der Waals surface area contributed by atoms with E-state index in [0.717, 1.165) is 5.75 Å². The number of nitrogens with zero attached hydrogens (tertiary/aromatic N) is 1. The molecule has 35 heavy (non-hydrogen) atoms. The molecule has 3 aromatic rings. The van der Waals surface area contributed by atoms with Crippen molar-refractivity contribution in [2.24, 2.45) is 0 Å². The van der Waals surface area contributed by atoms with E-state index in [1.165, 1.54) is 18.2 Å². The van der Waals surface area contributed by atoms with Crippen LogP contribution in [-0.4, -0.2) is 34.5 Å². The maximum Gasteiger partial charge on any atom is 0.179 e. The lowest BCUT2D eigenvalue weighted by Gasteiger charge is -2.14. The van der Waals surface area contributed by atoms with Gasteiger partial charge in [-0.3, -0.25) is 0 Å². The molecule has 0 heterocycles. The van der Waals surface area contributed by atoms with E-state index in [4.69, 9.17) is 35.3 Å². The van der Waals surface area contributed by atoms with Gasteiger partial charge in [0.15, 0.2) is 23.0 Å². The van der Waals surface area contributed by atoms with Crippen molar-refractivity contribution in [2.75, 3.05) is 34.5 Å². The van der Waals surface area contributed by atoms with Gasteiger partial charge in [-0.2, -0.15) is 5.26 Å². The number of halogens is 1. The molecule has 0 atom stereocenters. The summed E-state index contributed by atoms with van der Waals surface area (Å²) in [5, 5.41) is 10.1. The Morgan fingerprint density at radius 2 is 1.54 bits per heavy atom. The Morgan fingerprint density at radius 1 is 0.829 bits per heavy atom. The first-order valence-corrected chi connectivity index (χ1v) is 11.3. The Bertz CT molecular complexity index is 1260. The fourth-order valence-corrected chi connectivity index (χ4v) is 3.69. The van der Waals surface area contributed by atoms with Gasteiger partial charge in [0.2, 0.25) is 0 Å². The number of benzene rings is 3. The molecule has 7 heteroatoms. The minimum absolute atomic E-state index is 0.285. The van der Waals surface area contributed by atoms with E-state index >= 15 is 0 Å². The Balaban J connectivity index is 1.76. The number of rotatable bonds is 10. The second-order valence-electron chi connectivity index (χ2n) is 7.72. The molecule has 0 radical (unpaired) electrons. The summed E-state index contributed by atoms with van der Waals surface area (Å²) in [7, 11) is 4.65. The Kier molecular flexibility index (Phi) is 8.88. The summed E-state index contributed by atoms with van der Waals surface area (Å²) in [6, 6.07) is 17.0. The number of allylic oxidation sites excluding steroid dienone is 1. The smallest absolute Gasteiger partial charge is 0.179 e. The van der Waals surface area contributed by atoms with Crippen LogP contribution in [0.4, 0.5) is 0 Å². The minimum Gasteiger partial charge on any atom is -0.493 e. The highest BCUT2D eigenvalue weighted by Crippen LogP contribution is 2.38. The third kappa shape index (κ3) is 6.40. The molecule has 0 aliphatic heterocycles. The molecule has 0 saturated heterocycles. The first-order chi connectivity index (χ1) is 16.9. The van der Waals surface area contributed by atoms with E-state index in [0.29, 0.717) is 51.3 Å². The number of hydrogen-bond acceptors (Lipinski definition) is 6. The molecule has 0 bridgehead atoms. The van der Waals surface area contributed by atoms with Crippen molar-refractivity contribution < 1.29 is 23.7 Å². The molecule has 0 N–H and O–H groups in total. The Labute approximate surface area is 211 Å². The van der Waals surface area contributed by atoms with E-state index in [1.54, 1.807) is 50.6 Å². The van der Waals surface area contributed by atoms with Gasteiger partial charge in [-0.15, -0.1) is 0 Å². The van der Waals surface area contributed by atoms with Gasteiger partial charge in [0, 0.05) is 0 Å². The van der Waals surface area contributed by atoms with E-state index < -0.39 is 0 Å². The van der Waals surface area contributed by atoms with Crippen LogP contribution in [0.2, 0.25) is 5.02 Å². The van der Waals surface area contributed by atoms with Gasteiger partial charge in [-0.25, -0.2) is 0 Å². The van der Waals surface area contributed by atoms with E-state index in [-0.39, 0.29) is 6.61 Å². The summed E-state index contributed by atoms with van der Waals surface area (Å²) in [4.78, 5) is 0. The molecule has 0 aliphatic rings. The standard InChI is InChI=1S/C28H28ClNO5/c1-18-6-8-23(12-19(18)2)34-10-11-35-28-24(29)14-20(15-27(28)33-5)13-22(17-30)21-7-9-25(31-3)26(16-21)32-4/h6-9,12-16H,10-11H2,1-5H3/b22-13+. The lowest BCUT2D eigenvalue weighted by Crippen LogP contribution is -2.10. The molecule has 0 aromatic heterocycles. The number of nitriles is 1. The molecule has 0 aliphatic carbocycles. The molecule has 0 spiro atoms. The predicted molar refractivity (Wildman–Crippen MR) is 138 cm³/mol. The molecular weight excluding hydrogens is 466 g/mol. The second-order valence-corrected chi connectivity index (χ2v) is 8.12. The average Bonchev–Trinajstić information content (AvgIpc) is 2.87. The molecule has 3 aromatic carbocycles. The zero-order chi connectivity index (χ0) is 25.4. The zero-order valence-electron chi connectivity index (χ0n) is 20.5. The highest BCUT2D eigenvalue weighted by molar-refractivity contribution is 6.32. The Morgan fingerprint density at radius 3 is 2.20 bits per heavy atom. The average molecular weight is 494 g/mol. The van der Waals surface area contributed by atoms with Gasteiger partial charge in [-0.1, -0.05) is 17.7 Å². The van der Waals surface area contributed by atoms with Crippen LogP contribution in [0, 0.1) is 25.2 Å². The highest BCUT2D eigenvalue weighted by Gasteiger charge is 2.14. The predicted octanol–water partition coefficient (Wildman–Crippen LogP) is 6.50. The number of ether oxygens (including phenoxy) is 5. The summed E-state index contributed by atoms with van der Waals surface area (Å²) >= 11 is 6.51. The molecule has 0 unspecified atom stereocenters. The normalized spacial score (nSPS) is 10.9. The fourth-order valence-electron chi connectivity index (χ4n) is 3.42. The topological polar surface area (TPSA) is 69.9 Å². The van der Waals surface area contributed by atoms with Crippen molar-refractivity contribution >= 4 is 23.3 Å². The summed E-state index contributed by atoms with van der Waals surface area (Å²) in [6.07, 6.45) is 1.72. The van der Waals surface area contributed by atoms with Crippen molar-refractivity contribution in [3.63, 3.8) is 0 Å². The van der Waals surface area contributed by atoms with Crippen LogP contribution < -0.4 is 23.7 Å². The quantitative estimate of drug-likeness (QED) is 0.182. The molecule has 0 fully saturated rings. The minimum atomic E-state index is 0.285. The number of hydrogen-bond donors (Lipinski definition) is 0. The van der Waals surface area contributed by atoms with Crippen molar-refractivity contribution in [1.82, 2.24) is 0 Å². The van der Waals surface area contributed by atoms with Crippen LogP contribution in [0.25, 0.3) is 11.6 Å². The summed E-state index contributed by atoms with van der Waals surface area (Å²) in [6.45, 7) is 4.74. The monoisotopic (exact) mass is 493 g/mol. The van der Waals surface area contributed by atoms with Crippen molar-refractivity contribution in [3.05, 3.63) is 75.8 Å². The molecule has 3 rings (SSSR count). The maximum absolute atomic E-state index is 9.76. The van der Waals surface area contributed by atoms with Gasteiger partial charge in [-0.05, 0) is 84.6 Å². The van der Waals surface area contributed by atoms with Crippen LogP contribution in [-0.2, 0) is 0 Å². The van der Waals surface area contributed by atoms with Crippen LogP contribution in [0.5, 0.6) is 28.7 Å². The van der Waals surface area contributed by atoms with Gasteiger partial charge < -0.3 is 23.7 Å². The fraction of sp³-hybridized carbons (Fsp3) is 0.250. The van der Waals surface area contributed by atoms with Gasteiger partial charge >= 0.3 is 0 Å². The van der Waals surface area contributed by atoms with E-state index in [1.807, 2.05) is 25.1 Å². The van der Waals surface area contributed by atoms with Crippen molar-refractivity contribution in [2.45, 2.75) is 13.8 Å². The van der Waals surface area contributed by atoms with Crippen molar-refractivity contribution in [3.8, 4) is 34.8 Å². The molecular formula is C28H28ClNO5. The third-order valence-corrected chi connectivity index (χ3v) is 5.74. The third-order valence-electron chi connectivity index (χ3n) is 5.45. The maximum atomic E-state index is 9.76. The summed E-state index contributed by atoms with van der Waals surface area (Å²) in [5.41, 5.74) is 4.19. The second kappa shape index (κ2) is 12.0. The van der Waals surface area contributed by atoms with E-state index in [2.05, 4.69) is 13.0 Å². The van der Waals surface area contributed by atoms with Crippen LogP contribution in [0.3, 0.4) is 0 Å². The van der Waals surface area contributed by atoms with Gasteiger partial charge in [0.05, 0.1) is 38.0 Å². The molecule has 0 saturated carbocycles.